The molecule has 150 valence electrons. The smallest absolute Gasteiger partial charge is 0.261 e. The monoisotopic (exact) mass is 407 g/mol. The number of amides is 1. The normalized spacial score (nSPS) is 14.6. The van der Waals surface area contributed by atoms with Crippen molar-refractivity contribution in [3.8, 4) is 0 Å². The van der Waals surface area contributed by atoms with E-state index in [9.17, 15) is 17.6 Å². The van der Waals surface area contributed by atoms with E-state index in [-0.39, 0.29) is 22.1 Å². The first kappa shape index (κ1) is 20.1. The largest absolute Gasteiger partial charge is 0.378 e. The lowest BCUT2D eigenvalue weighted by molar-refractivity contribution is 0.0827. The van der Waals surface area contributed by atoms with E-state index >= 15 is 0 Å². The topological polar surface area (TPSA) is 79.0 Å². The molecular formula is C19H22FN3O4S. The SMILES string of the molecule is CN(C)C(=O)c1cccc(S(=O)(=O)Nc2cc(F)cc(N3CCOCC3)c2)c1. The van der Waals surface area contributed by atoms with Gasteiger partial charge in [-0.25, -0.2) is 12.8 Å². The summed E-state index contributed by atoms with van der Waals surface area (Å²) < 4.78 is 47.3. The van der Waals surface area contributed by atoms with Crippen LogP contribution >= 0.6 is 0 Å². The van der Waals surface area contributed by atoms with Crippen molar-refractivity contribution < 1.29 is 22.3 Å². The fraction of sp³-hybridized carbons (Fsp3) is 0.316. The summed E-state index contributed by atoms with van der Waals surface area (Å²) in [6.07, 6.45) is 0. The number of nitrogens with one attached hydrogen (secondary N) is 1. The number of hydrogen-bond donors (Lipinski definition) is 1. The molecule has 0 aliphatic carbocycles. The maximum Gasteiger partial charge on any atom is 0.261 e. The molecule has 0 atom stereocenters. The Kier molecular flexibility index (Phi) is 5.85. The molecule has 0 radical (unpaired) electrons. The van der Waals surface area contributed by atoms with E-state index in [1.165, 1.54) is 29.2 Å². The Morgan fingerprint density at radius 2 is 1.86 bits per heavy atom. The first-order valence-electron chi connectivity index (χ1n) is 8.74. The quantitative estimate of drug-likeness (QED) is 0.822. The van der Waals surface area contributed by atoms with E-state index in [1.54, 1.807) is 26.2 Å². The molecule has 0 unspecified atom stereocenters. The Morgan fingerprint density at radius 3 is 2.54 bits per heavy atom. The predicted octanol–water partition coefficient (Wildman–Crippen LogP) is 2.16. The van der Waals surface area contributed by atoms with Crippen molar-refractivity contribution in [2.24, 2.45) is 0 Å². The van der Waals surface area contributed by atoms with Crippen molar-refractivity contribution in [2.45, 2.75) is 4.90 Å². The number of anilines is 2. The third-order valence-corrected chi connectivity index (χ3v) is 5.69. The number of nitrogens with zero attached hydrogens (tertiary/aromatic N) is 2. The zero-order chi connectivity index (χ0) is 20.3. The number of rotatable bonds is 5. The van der Waals surface area contributed by atoms with Gasteiger partial charge in [0.2, 0.25) is 0 Å². The number of benzene rings is 2. The van der Waals surface area contributed by atoms with Gasteiger partial charge in [-0.05, 0) is 36.4 Å². The maximum absolute atomic E-state index is 14.1. The van der Waals surface area contributed by atoms with Crippen LogP contribution in [0.1, 0.15) is 10.4 Å². The Labute approximate surface area is 163 Å². The zero-order valence-electron chi connectivity index (χ0n) is 15.7. The summed E-state index contributed by atoms with van der Waals surface area (Å²) in [5.41, 5.74) is 0.949. The molecule has 7 nitrogen and oxygen atoms in total. The number of halogens is 1. The minimum atomic E-state index is -3.99. The zero-order valence-corrected chi connectivity index (χ0v) is 16.5. The van der Waals surface area contributed by atoms with Gasteiger partial charge in [0.05, 0.1) is 23.8 Å². The minimum absolute atomic E-state index is 0.0719. The average molecular weight is 407 g/mol. The third kappa shape index (κ3) is 4.60. The van der Waals surface area contributed by atoms with E-state index in [1.807, 2.05) is 4.90 Å². The molecule has 2 aromatic rings. The van der Waals surface area contributed by atoms with Gasteiger partial charge in [-0.2, -0.15) is 0 Å². The van der Waals surface area contributed by atoms with Crippen LogP contribution in [0.15, 0.2) is 47.4 Å². The summed E-state index contributed by atoms with van der Waals surface area (Å²) in [7, 11) is -0.820. The first-order chi connectivity index (χ1) is 13.3. The molecule has 1 fully saturated rings. The van der Waals surface area contributed by atoms with E-state index in [4.69, 9.17) is 4.74 Å². The number of morpholine rings is 1. The van der Waals surface area contributed by atoms with Crippen molar-refractivity contribution >= 4 is 27.3 Å². The predicted molar refractivity (Wildman–Crippen MR) is 105 cm³/mol. The first-order valence-corrected chi connectivity index (χ1v) is 10.2. The summed E-state index contributed by atoms with van der Waals surface area (Å²) in [5.74, 6) is -0.851. The van der Waals surface area contributed by atoms with E-state index in [2.05, 4.69) is 4.72 Å². The molecule has 2 aromatic carbocycles. The number of sulfonamides is 1. The van der Waals surface area contributed by atoms with Crippen LogP contribution in [-0.4, -0.2) is 59.6 Å². The lowest BCUT2D eigenvalue weighted by atomic mass is 10.2. The van der Waals surface area contributed by atoms with Crippen LogP contribution in [0.3, 0.4) is 0 Å². The molecule has 1 N–H and O–H groups in total. The van der Waals surface area contributed by atoms with Crippen LogP contribution in [0, 0.1) is 5.82 Å². The van der Waals surface area contributed by atoms with Crippen molar-refractivity contribution in [3.05, 3.63) is 53.8 Å². The molecule has 1 aliphatic heterocycles. The fourth-order valence-corrected chi connectivity index (χ4v) is 3.99. The molecular weight excluding hydrogens is 385 g/mol. The number of carbonyl (C=O) groups excluding carboxylic acids is 1. The highest BCUT2D eigenvalue weighted by molar-refractivity contribution is 7.92. The van der Waals surface area contributed by atoms with Gasteiger partial charge >= 0.3 is 0 Å². The third-order valence-electron chi connectivity index (χ3n) is 4.31. The van der Waals surface area contributed by atoms with Gasteiger partial charge in [0.1, 0.15) is 5.82 Å². The van der Waals surface area contributed by atoms with Crippen LogP contribution in [0.5, 0.6) is 0 Å². The van der Waals surface area contributed by atoms with Gasteiger partial charge in [-0.3, -0.25) is 9.52 Å². The van der Waals surface area contributed by atoms with Crippen LogP contribution < -0.4 is 9.62 Å². The van der Waals surface area contributed by atoms with E-state index < -0.39 is 15.8 Å². The second-order valence-electron chi connectivity index (χ2n) is 6.63. The summed E-state index contributed by atoms with van der Waals surface area (Å²) in [6.45, 7) is 2.27. The van der Waals surface area contributed by atoms with Crippen molar-refractivity contribution in [1.82, 2.24) is 4.90 Å². The van der Waals surface area contributed by atoms with Crippen LogP contribution in [0.4, 0.5) is 15.8 Å². The van der Waals surface area contributed by atoms with Crippen molar-refractivity contribution in [3.63, 3.8) is 0 Å². The molecule has 3 rings (SSSR count). The van der Waals surface area contributed by atoms with Gasteiger partial charge in [0, 0.05) is 38.4 Å². The molecule has 9 heteroatoms. The molecule has 0 saturated carbocycles. The molecule has 1 aliphatic rings. The number of carbonyl (C=O) groups is 1. The van der Waals surface area contributed by atoms with Crippen LogP contribution in [-0.2, 0) is 14.8 Å². The number of ether oxygens (including phenoxy) is 1. The Morgan fingerprint density at radius 1 is 1.14 bits per heavy atom. The fourth-order valence-electron chi connectivity index (χ4n) is 2.91. The van der Waals surface area contributed by atoms with E-state index in [0.717, 1.165) is 6.07 Å². The second-order valence-corrected chi connectivity index (χ2v) is 8.31. The summed E-state index contributed by atoms with van der Waals surface area (Å²) in [5, 5.41) is 0. The molecule has 1 amide bonds. The van der Waals surface area contributed by atoms with Gasteiger partial charge in [0.15, 0.2) is 0 Å². The molecule has 1 heterocycles. The molecule has 0 aromatic heterocycles. The second kappa shape index (κ2) is 8.15. The van der Waals surface area contributed by atoms with Gasteiger partial charge in [-0.1, -0.05) is 6.07 Å². The van der Waals surface area contributed by atoms with Gasteiger partial charge in [-0.15, -0.1) is 0 Å². The lowest BCUT2D eigenvalue weighted by Gasteiger charge is -2.29. The van der Waals surface area contributed by atoms with Crippen molar-refractivity contribution in [1.29, 1.82) is 0 Å². The maximum atomic E-state index is 14.1. The standard InChI is InChI=1S/C19H22FN3O4S/c1-22(2)19(24)14-4-3-5-18(10-14)28(25,26)21-16-11-15(20)12-17(13-16)23-6-8-27-9-7-23/h3-5,10-13,21H,6-9H2,1-2H3. The highest BCUT2D eigenvalue weighted by Crippen LogP contribution is 2.25. The summed E-state index contributed by atoms with van der Waals surface area (Å²) in [4.78, 5) is 15.3. The Hall–Kier alpha value is -2.65. The average Bonchev–Trinajstić information content (AvgIpc) is 2.67. The van der Waals surface area contributed by atoms with E-state index in [0.29, 0.717) is 32.0 Å². The molecule has 28 heavy (non-hydrogen) atoms. The highest BCUT2D eigenvalue weighted by Gasteiger charge is 2.19. The van der Waals surface area contributed by atoms with Gasteiger partial charge < -0.3 is 14.5 Å². The Bertz CT molecular complexity index is 973. The molecule has 1 saturated heterocycles. The summed E-state index contributed by atoms with van der Waals surface area (Å²) >= 11 is 0. The number of hydrogen-bond acceptors (Lipinski definition) is 5. The Balaban J connectivity index is 1.87. The minimum Gasteiger partial charge on any atom is -0.378 e. The molecule has 0 spiro atoms. The van der Waals surface area contributed by atoms with Crippen LogP contribution in [0.25, 0.3) is 0 Å². The molecule has 0 bridgehead atoms. The van der Waals surface area contributed by atoms with Crippen LogP contribution in [0.2, 0.25) is 0 Å². The summed E-state index contributed by atoms with van der Waals surface area (Å²) in [6, 6.07) is 9.79. The van der Waals surface area contributed by atoms with Gasteiger partial charge in [0.25, 0.3) is 15.9 Å². The lowest BCUT2D eigenvalue weighted by Crippen LogP contribution is -2.36. The van der Waals surface area contributed by atoms with Crippen molar-refractivity contribution in [2.75, 3.05) is 50.0 Å². The highest BCUT2D eigenvalue weighted by atomic mass is 32.2.